The van der Waals surface area contributed by atoms with Gasteiger partial charge < -0.3 is 10.4 Å². The normalized spacial score (nSPS) is 11.7. The summed E-state index contributed by atoms with van der Waals surface area (Å²) in [4.78, 5) is 24.1. The van der Waals surface area contributed by atoms with Crippen LogP contribution in [0, 0.1) is 0 Å². The number of carbonyl (C=O) groups excluding carboxylic acids is 1. The molecule has 2 rings (SSSR count). The summed E-state index contributed by atoms with van der Waals surface area (Å²) in [6.07, 6.45) is 0. The molecular formula is C11H12N6O3. The summed E-state index contributed by atoms with van der Waals surface area (Å²) >= 11 is 0. The maximum absolute atomic E-state index is 11.7. The maximum atomic E-state index is 11.7. The highest BCUT2D eigenvalue weighted by atomic mass is 16.4. The van der Waals surface area contributed by atoms with Crippen molar-refractivity contribution in [3.05, 3.63) is 35.9 Å². The van der Waals surface area contributed by atoms with E-state index in [4.69, 9.17) is 5.11 Å². The van der Waals surface area contributed by atoms with Crippen LogP contribution in [-0.2, 0) is 11.8 Å². The number of nitrogens with one attached hydrogen (secondary N) is 2. The number of aromatic nitrogens is 4. The van der Waals surface area contributed by atoms with E-state index in [0.29, 0.717) is 5.56 Å². The molecular weight excluding hydrogens is 264 g/mol. The van der Waals surface area contributed by atoms with Gasteiger partial charge in [0, 0.05) is 0 Å². The van der Waals surface area contributed by atoms with Crippen molar-refractivity contribution in [2.24, 2.45) is 7.05 Å². The Morgan fingerprint density at radius 2 is 2.00 bits per heavy atom. The number of tetrazole rings is 1. The monoisotopic (exact) mass is 276 g/mol. The number of benzene rings is 1. The molecule has 2 amide bonds. The van der Waals surface area contributed by atoms with Crippen molar-refractivity contribution in [2.75, 3.05) is 5.32 Å². The van der Waals surface area contributed by atoms with Crippen molar-refractivity contribution in [3.63, 3.8) is 0 Å². The first-order valence-corrected chi connectivity index (χ1v) is 5.65. The summed E-state index contributed by atoms with van der Waals surface area (Å²) in [6, 6.07) is 6.47. The van der Waals surface area contributed by atoms with Gasteiger partial charge in [-0.1, -0.05) is 35.4 Å². The predicted molar refractivity (Wildman–Crippen MR) is 67.8 cm³/mol. The number of nitrogens with zero attached hydrogens (tertiary/aromatic N) is 4. The minimum atomic E-state index is -1.17. The molecule has 3 N–H and O–H groups in total. The van der Waals surface area contributed by atoms with E-state index in [-0.39, 0.29) is 5.95 Å². The van der Waals surface area contributed by atoms with Crippen molar-refractivity contribution in [3.8, 4) is 0 Å². The van der Waals surface area contributed by atoms with Crippen LogP contribution in [0.1, 0.15) is 11.6 Å². The summed E-state index contributed by atoms with van der Waals surface area (Å²) < 4.78 is 0. The number of amides is 2. The highest BCUT2D eigenvalue weighted by Crippen LogP contribution is 2.12. The molecule has 0 radical (unpaired) electrons. The Labute approximate surface area is 113 Å². The zero-order valence-corrected chi connectivity index (χ0v) is 10.5. The van der Waals surface area contributed by atoms with Crippen molar-refractivity contribution in [1.29, 1.82) is 0 Å². The third kappa shape index (κ3) is 3.28. The van der Waals surface area contributed by atoms with E-state index in [1.807, 2.05) is 0 Å². The van der Waals surface area contributed by atoms with Gasteiger partial charge in [-0.15, -0.1) is 5.10 Å². The lowest BCUT2D eigenvalue weighted by molar-refractivity contribution is -0.139. The Bertz CT molecular complexity index is 612. The number of urea groups is 1. The lowest BCUT2D eigenvalue weighted by Crippen LogP contribution is -2.37. The second-order valence-corrected chi connectivity index (χ2v) is 3.88. The molecule has 0 fully saturated rings. The molecule has 104 valence electrons. The second-order valence-electron chi connectivity index (χ2n) is 3.88. The van der Waals surface area contributed by atoms with E-state index in [1.54, 1.807) is 37.4 Å². The van der Waals surface area contributed by atoms with Gasteiger partial charge in [-0.3, -0.25) is 5.32 Å². The molecule has 1 aromatic heterocycles. The van der Waals surface area contributed by atoms with E-state index in [0.717, 1.165) is 0 Å². The minimum Gasteiger partial charge on any atom is -0.479 e. The number of carboxylic acids is 1. The fraction of sp³-hybridized carbons (Fsp3) is 0.182. The first-order valence-electron chi connectivity index (χ1n) is 5.65. The first kappa shape index (κ1) is 13.5. The van der Waals surface area contributed by atoms with E-state index in [9.17, 15) is 9.59 Å². The number of anilines is 1. The van der Waals surface area contributed by atoms with E-state index >= 15 is 0 Å². The molecule has 1 atom stereocenters. The van der Waals surface area contributed by atoms with Gasteiger partial charge in [0.05, 0.1) is 7.05 Å². The van der Waals surface area contributed by atoms with Gasteiger partial charge in [0.1, 0.15) is 0 Å². The predicted octanol–water partition coefficient (Wildman–Crippen LogP) is 0.157. The SMILES string of the molecule is Cn1nnc(NC(=O)NC(C(=O)O)c2ccccc2)n1. The molecule has 1 aromatic carbocycles. The van der Waals surface area contributed by atoms with Crippen molar-refractivity contribution in [2.45, 2.75) is 6.04 Å². The van der Waals surface area contributed by atoms with Crippen LogP contribution in [0.15, 0.2) is 30.3 Å². The molecule has 0 bridgehead atoms. The maximum Gasteiger partial charge on any atom is 0.330 e. The summed E-state index contributed by atoms with van der Waals surface area (Å²) in [7, 11) is 1.54. The third-order valence-corrected chi connectivity index (χ3v) is 2.39. The summed E-state index contributed by atoms with van der Waals surface area (Å²) in [5.41, 5.74) is 0.460. The Balaban J connectivity index is 2.05. The highest BCUT2D eigenvalue weighted by Gasteiger charge is 2.22. The quantitative estimate of drug-likeness (QED) is 0.731. The fourth-order valence-electron chi connectivity index (χ4n) is 1.54. The Hall–Kier alpha value is -2.97. The molecule has 0 saturated carbocycles. The van der Waals surface area contributed by atoms with Crippen molar-refractivity contribution in [1.82, 2.24) is 25.5 Å². The van der Waals surface area contributed by atoms with Gasteiger partial charge in [0.25, 0.3) is 5.95 Å². The van der Waals surface area contributed by atoms with Crippen LogP contribution in [0.5, 0.6) is 0 Å². The molecule has 0 aliphatic rings. The van der Waals surface area contributed by atoms with E-state index in [1.165, 1.54) is 4.80 Å². The molecule has 1 unspecified atom stereocenters. The lowest BCUT2D eigenvalue weighted by Gasteiger charge is -2.14. The molecule has 1 heterocycles. The Kier molecular flexibility index (Phi) is 3.89. The molecule has 2 aromatic rings. The highest BCUT2D eigenvalue weighted by molar-refractivity contribution is 5.91. The molecule has 9 heteroatoms. The Morgan fingerprint density at radius 3 is 2.55 bits per heavy atom. The largest absolute Gasteiger partial charge is 0.479 e. The molecule has 20 heavy (non-hydrogen) atoms. The summed E-state index contributed by atoms with van der Waals surface area (Å²) in [5, 5.41) is 24.6. The number of rotatable bonds is 4. The molecule has 9 nitrogen and oxygen atoms in total. The number of aryl methyl sites for hydroxylation is 1. The number of hydrogen-bond donors (Lipinski definition) is 3. The van der Waals surface area contributed by atoms with Crippen molar-refractivity contribution < 1.29 is 14.7 Å². The fourth-order valence-corrected chi connectivity index (χ4v) is 1.54. The molecule has 0 aliphatic heterocycles. The standard InChI is InChI=1S/C11H12N6O3/c1-17-15-10(14-16-17)13-11(20)12-8(9(18)19)7-5-3-2-4-6-7/h2-6,8H,1H3,(H,18,19)(H2,12,13,15,20). The molecule has 0 aliphatic carbocycles. The van der Waals surface area contributed by atoms with E-state index in [2.05, 4.69) is 26.0 Å². The zero-order valence-electron chi connectivity index (χ0n) is 10.5. The smallest absolute Gasteiger partial charge is 0.330 e. The van der Waals surface area contributed by atoms with Crippen LogP contribution in [0.4, 0.5) is 10.7 Å². The average Bonchev–Trinajstić information content (AvgIpc) is 2.82. The van der Waals surface area contributed by atoms with E-state index < -0.39 is 18.0 Å². The number of carboxylic acid groups (broad SMARTS) is 1. The summed E-state index contributed by atoms with van der Waals surface area (Å²) in [5.74, 6) is -1.18. The minimum absolute atomic E-state index is 0.0119. The van der Waals surface area contributed by atoms with Crippen LogP contribution < -0.4 is 10.6 Å². The van der Waals surface area contributed by atoms with Gasteiger partial charge >= 0.3 is 12.0 Å². The zero-order chi connectivity index (χ0) is 14.5. The van der Waals surface area contributed by atoms with Gasteiger partial charge in [-0.2, -0.15) is 4.80 Å². The van der Waals surface area contributed by atoms with Gasteiger partial charge in [0.15, 0.2) is 6.04 Å². The van der Waals surface area contributed by atoms with Crippen LogP contribution >= 0.6 is 0 Å². The molecule has 0 saturated heterocycles. The second kappa shape index (κ2) is 5.78. The van der Waals surface area contributed by atoms with Crippen LogP contribution in [0.2, 0.25) is 0 Å². The topological polar surface area (TPSA) is 122 Å². The van der Waals surface area contributed by atoms with Gasteiger partial charge in [0.2, 0.25) is 0 Å². The number of hydrogen-bond acceptors (Lipinski definition) is 5. The third-order valence-electron chi connectivity index (χ3n) is 2.39. The van der Waals surface area contributed by atoms with Crippen LogP contribution in [0.3, 0.4) is 0 Å². The number of carbonyl (C=O) groups is 2. The lowest BCUT2D eigenvalue weighted by atomic mass is 10.1. The van der Waals surface area contributed by atoms with Gasteiger partial charge in [-0.25, -0.2) is 9.59 Å². The van der Waals surface area contributed by atoms with Gasteiger partial charge in [-0.05, 0) is 10.8 Å². The average molecular weight is 276 g/mol. The van der Waals surface area contributed by atoms with Crippen LogP contribution in [0.25, 0.3) is 0 Å². The van der Waals surface area contributed by atoms with Crippen molar-refractivity contribution >= 4 is 17.9 Å². The summed E-state index contributed by atoms with van der Waals surface area (Å²) in [6.45, 7) is 0. The first-order chi connectivity index (χ1) is 9.56. The Morgan fingerprint density at radius 1 is 1.30 bits per heavy atom. The number of aliphatic carboxylic acids is 1. The molecule has 0 spiro atoms. The van der Waals surface area contributed by atoms with Crippen LogP contribution in [-0.4, -0.2) is 37.3 Å².